The molecule has 4 nitrogen and oxygen atoms in total. The highest BCUT2D eigenvalue weighted by Gasteiger charge is 2.33. The Hall–Kier alpha value is -1.32. The van der Waals surface area contributed by atoms with Crippen LogP contribution in [0, 0.1) is 5.92 Å². The Labute approximate surface area is 95.9 Å². The summed E-state index contributed by atoms with van der Waals surface area (Å²) in [5, 5.41) is 8.83. The van der Waals surface area contributed by atoms with E-state index in [1.807, 2.05) is 32.9 Å². The first-order valence-corrected chi connectivity index (χ1v) is 5.50. The van der Waals surface area contributed by atoms with E-state index in [-0.39, 0.29) is 18.4 Å². The molecule has 4 heteroatoms. The van der Waals surface area contributed by atoms with Crippen LogP contribution in [0.25, 0.3) is 0 Å². The fraction of sp³-hybridized carbons (Fsp3) is 0.667. The third-order valence-corrected chi connectivity index (χ3v) is 2.73. The van der Waals surface area contributed by atoms with E-state index in [0.717, 1.165) is 12.8 Å². The van der Waals surface area contributed by atoms with E-state index in [1.165, 1.54) is 4.90 Å². The lowest BCUT2D eigenvalue weighted by Gasteiger charge is -2.36. The van der Waals surface area contributed by atoms with Crippen molar-refractivity contribution in [2.75, 3.05) is 6.54 Å². The smallest absolute Gasteiger partial charge is 0.323 e. The summed E-state index contributed by atoms with van der Waals surface area (Å²) in [5.74, 6) is -1.09. The molecule has 0 fully saturated rings. The minimum absolute atomic E-state index is 0.0556. The first-order valence-electron chi connectivity index (χ1n) is 5.50. The molecule has 0 saturated heterocycles. The molecule has 0 spiro atoms. The van der Waals surface area contributed by atoms with Crippen molar-refractivity contribution < 1.29 is 14.7 Å². The van der Waals surface area contributed by atoms with E-state index in [0.29, 0.717) is 0 Å². The van der Waals surface area contributed by atoms with Crippen LogP contribution in [0.2, 0.25) is 0 Å². The summed E-state index contributed by atoms with van der Waals surface area (Å²) in [4.78, 5) is 24.4. The number of allylic oxidation sites excluding steroid dienone is 2. The summed E-state index contributed by atoms with van der Waals surface area (Å²) in [6.45, 7) is 5.35. The normalized spacial score (nSPS) is 16.4. The maximum Gasteiger partial charge on any atom is 0.323 e. The Morgan fingerprint density at radius 2 is 1.81 bits per heavy atom. The summed E-state index contributed by atoms with van der Waals surface area (Å²) >= 11 is 0. The zero-order chi connectivity index (χ0) is 12.3. The van der Waals surface area contributed by atoms with Gasteiger partial charge in [-0.05, 0) is 33.6 Å². The fourth-order valence-electron chi connectivity index (χ4n) is 1.82. The van der Waals surface area contributed by atoms with Crippen molar-refractivity contribution >= 4 is 11.9 Å². The molecule has 0 aromatic rings. The first kappa shape index (κ1) is 12.7. The molecule has 0 unspecified atom stereocenters. The average molecular weight is 225 g/mol. The summed E-state index contributed by atoms with van der Waals surface area (Å²) < 4.78 is 0. The molecule has 0 aliphatic heterocycles. The first-order chi connectivity index (χ1) is 7.32. The van der Waals surface area contributed by atoms with Gasteiger partial charge in [-0.2, -0.15) is 0 Å². The molecular weight excluding hydrogens is 206 g/mol. The van der Waals surface area contributed by atoms with E-state index in [4.69, 9.17) is 5.11 Å². The standard InChI is InChI=1S/C12H19NO3/c1-12(2,3)13(8-10(14)15)11(16)9-6-4-5-7-9/h4-5,9H,6-8H2,1-3H3,(H,14,15). The molecule has 1 aliphatic rings. The van der Waals surface area contributed by atoms with E-state index in [1.54, 1.807) is 0 Å². The molecular formula is C12H19NO3. The van der Waals surface area contributed by atoms with Crippen molar-refractivity contribution in [2.24, 2.45) is 5.92 Å². The maximum absolute atomic E-state index is 12.2. The van der Waals surface area contributed by atoms with Crippen LogP contribution in [0.4, 0.5) is 0 Å². The van der Waals surface area contributed by atoms with Crippen molar-refractivity contribution in [3.8, 4) is 0 Å². The third-order valence-electron chi connectivity index (χ3n) is 2.73. The number of amides is 1. The van der Waals surface area contributed by atoms with Gasteiger partial charge in [-0.25, -0.2) is 0 Å². The number of carboxylic acid groups (broad SMARTS) is 1. The molecule has 1 aliphatic carbocycles. The zero-order valence-corrected chi connectivity index (χ0v) is 10.1. The van der Waals surface area contributed by atoms with Crippen molar-refractivity contribution in [2.45, 2.75) is 39.2 Å². The predicted molar refractivity (Wildman–Crippen MR) is 61.0 cm³/mol. The largest absolute Gasteiger partial charge is 0.480 e. The van der Waals surface area contributed by atoms with Gasteiger partial charge in [-0.1, -0.05) is 12.2 Å². The SMILES string of the molecule is CC(C)(C)N(CC(=O)O)C(=O)C1CC=CC1. The van der Waals surface area contributed by atoms with Crippen LogP contribution in [0.3, 0.4) is 0 Å². The number of aliphatic carboxylic acids is 1. The van der Waals surface area contributed by atoms with Crippen LogP contribution in [-0.2, 0) is 9.59 Å². The van der Waals surface area contributed by atoms with Gasteiger partial charge in [0, 0.05) is 11.5 Å². The highest BCUT2D eigenvalue weighted by molar-refractivity contribution is 5.84. The van der Waals surface area contributed by atoms with Crippen LogP contribution < -0.4 is 0 Å². The van der Waals surface area contributed by atoms with E-state index < -0.39 is 11.5 Å². The number of hydrogen-bond donors (Lipinski definition) is 1. The van der Waals surface area contributed by atoms with Gasteiger partial charge in [0.25, 0.3) is 0 Å². The number of nitrogens with zero attached hydrogens (tertiary/aromatic N) is 1. The van der Waals surface area contributed by atoms with Crippen LogP contribution >= 0.6 is 0 Å². The monoisotopic (exact) mass is 225 g/mol. The minimum atomic E-state index is -0.964. The molecule has 90 valence electrons. The molecule has 0 aromatic carbocycles. The maximum atomic E-state index is 12.2. The number of rotatable bonds is 3. The molecule has 0 aromatic heterocycles. The van der Waals surface area contributed by atoms with E-state index in [2.05, 4.69) is 0 Å². The highest BCUT2D eigenvalue weighted by Crippen LogP contribution is 2.24. The Morgan fingerprint density at radius 1 is 1.31 bits per heavy atom. The molecule has 16 heavy (non-hydrogen) atoms. The Morgan fingerprint density at radius 3 is 2.19 bits per heavy atom. The van der Waals surface area contributed by atoms with Gasteiger partial charge >= 0.3 is 5.97 Å². The lowest BCUT2D eigenvalue weighted by molar-refractivity contribution is -0.150. The van der Waals surface area contributed by atoms with E-state index in [9.17, 15) is 9.59 Å². The molecule has 0 atom stereocenters. The van der Waals surface area contributed by atoms with Gasteiger partial charge < -0.3 is 10.0 Å². The summed E-state index contributed by atoms with van der Waals surface area (Å²) in [7, 11) is 0. The van der Waals surface area contributed by atoms with E-state index >= 15 is 0 Å². The average Bonchev–Trinajstić information content (AvgIpc) is 2.63. The topological polar surface area (TPSA) is 57.6 Å². The number of carbonyl (C=O) groups is 2. The van der Waals surface area contributed by atoms with Crippen LogP contribution in [-0.4, -0.2) is 34.0 Å². The fourth-order valence-corrected chi connectivity index (χ4v) is 1.82. The predicted octanol–water partition coefficient (Wildman–Crippen LogP) is 1.66. The van der Waals surface area contributed by atoms with Gasteiger partial charge in [0.15, 0.2) is 0 Å². The molecule has 1 N–H and O–H groups in total. The number of carboxylic acids is 1. The van der Waals surface area contributed by atoms with Crippen molar-refractivity contribution in [3.05, 3.63) is 12.2 Å². The molecule has 0 bridgehead atoms. The van der Waals surface area contributed by atoms with Crippen LogP contribution in [0.1, 0.15) is 33.6 Å². The Kier molecular flexibility index (Phi) is 3.73. The summed E-state index contributed by atoms with van der Waals surface area (Å²) in [5.41, 5.74) is -0.446. The van der Waals surface area contributed by atoms with Gasteiger partial charge in [0.1, 0.15) is 6.54 Å². The lowest BCUT2D eigenvalue weighted by atomic mass is 9.99. The molecule has 0 saturated carbocycles. The molecule has 0 heterocycles. The minimum Gasteiger partial charge on any atom is -0.480 e. The lowest BCUT2D eigenvalue weighted by Crippen LogP contribution is -2.50. The van der Waals surface area contributed by atoms with Crippen LogP contribution in [0.15, 0.2) is 12.2 Å². The molecule has 1 amide bonds. The highest BCUT2D eigenvalue weighted by atomic mass is 16.4. The number of carbonyl (C=O) groups excluding carboxylic acids is 1. The molecule has 0 radical (unpaired) electrons. The van der Waals surface area contributed by atoms with Gasteiger partial charge in [-0.3, -0.25) is 9.59 Å². The summed E-state index contributed by atoms with van der Waals surface area (Å²) in [6, 6.07) is 0. The second-order valence-corrected chi connectivity index (χ2v) is 5.13. The van der Waals surface area contributed by atoms with Gasteiger partial charge in [0.2, 0.25) is 5.91 Å². The van der Waals surface area contributed by atoms with Gasteiger partial charge in [-0.15, -0.1) is 0 Å². The third kappa shape index (κ3) is 3.08. The second-order valence-electron chi connectivity index (χ2n) is 5.13. The quantitative estimate of drug-likeness (QED) is 0.743. The van der Waals surface area contributed by atoms with Crippen molar-refractivity contribution in [1.82, 2.24) is 4.90 Å². The molecule has 1 rings (SSSR count). The van der Waals surface area contributed by atoms with Crippen molar-refractivity contribution in [1.29, 1.82) is 0 Å². The van der Waals surface area contributed by atoms with Crippen molar-refractivity contribution in [3.63, 3.8) is 0 Å². The Bertz CT molecular complexity index is 307. The zero-order valence-electron chi connectivity index (χ0n) is 10.1. The van der Waals surface area contributed by atoms with Gasteiger partial charge in [0.05, 0.1) is 0 Å². The number of hydrogen-bond acceptors (Lipinski definition) is 2. The Balaban J connectivity index is 2.75. The second kappa shape index (κ2) is 4.68. The summed E-state index contributed by atoms with van der Waals surface area (Å²) in [6.07, 6.45) is 5.41. The van der Waals surface area contributed by atoms with Crippen LogP contribution in [0.5, 0.6) is 0 Å².